The van der Waals surface area contributed by atoms with Gasteiger partial charge in [-0.25, -0.2) is 9.59 Å². The summed E-state index contributed by atoms with van der Waals surface area (Å²) in [6.07, 6.45) is 2.15. The molecule has 4 N–H and O–H groups in total. The maximum absolute atomic E-state index is 11.7. The van der Waals surface area contributed by atoms with E-state index >= 15 is 0 Å². The highest BCUT2D eigenvalue weighted by Gasteiger charge is 2.19. The Morgan fingerprint density at radius 3 is 2.44 bits per heavy atom. The fourth-order valence-electron chi connectivity index (χ4n) is 3.95. The Morgan fingerprint density at radius 1 is 1.09 bits per heavy atom. The molecule has 0 unspecified atom stereocenters. The summed E-state index contributed by atoms with van der Waals surface area (Å²) in [7, 11) is 1.22. The molecule has 34 heavy (non-hydrogen) atoms. The van der Waals surface area contributed by atoms with Crippen LogP contribution >= 0.6 is 0 Å². The van der Waals surface area contributed by atoms with Crippen molar-refractivity contribution in [3.8, 4) is 16.9 Å². The van der Waals surface area contributed by atoms with E-state index in [9.17, 15) is 14.7 Å². The van der Waals surface area contributed by atoms with Crippen LogP contribution in [0, 0.1) is 16.7 Å². The molecular weight excluding hydrogens is 436 g/mol. The fraction of sp³-hybridized carbons (Fsp3) is 0.360. The van der Waals surface area contributed by atoms with Crippen LogP contribution in [0.25, 0.3) is 11.1 Å². The molecule has 9 heteroatoms. The van der Waals surface area contributed by atoms with Gasteiger partial charge in [-0.1, -0.05) is 18.2 Å². The topological polar surface area (TPSA) is 136 Å². The smallest absolute Gasteiger partial charge is 0.412 e. The number of aromatic carboxylic acids is 1. The zero-order valence-corrected chi connectivity index (χ0v) is 19.4. The first-order valence-corrected chi connectivity index (χ1v) is 11.1. The molecule has 1 heterocycles. The second kappa shape index (κ2) is 11.3. The number of carbonyl (C=O) groups excluding carboxylic acids is 1. The molecule has 0 radical (unpaired) electrons. The quantitative estimate of drug-likeness (QED) is 0.356. The third-order valence-electron chi connectivity index (χ3n) is 5.93. The van der Waals surface area contributed by atoms with Gasteiger partial charge in [0.2, 0.25) is 0 Å². The van der Waals surface area contributed by atoms with Crippen molar-refractivity contribution in [2.75, 3.05) is 26.8 Å². The third-order valence-corrected chi connectivity index (χ3v) is 5.93. The van der Waals surface area contributed by atoms with E-state index in [-0.39, 0.29) is 11.4 Å². The fourth-order valence-corrected chi connectivity index (χ4v) is 3.95. The molecule has 0 atom stereocenters. The molecule has 0 aromatic heterocycles. The van der Waals surface area contributed by atoms with Gasteiger partial charge < -0.3 is 19.5 Å². The van der Waals surface area contributed by atoms with Crippen LogP contribution in [0.4, 0.5) is 4.79 Å². The Morgan fingerprint density at radius 2 is 1.79 bits per heavy atom. The lowest BCUT2D eigenvalue weighted by molar-refractivity contribution is 0.0696. The molecule has 3 rings (SSSR count). The molecule has 2 aromatic carbocycles. The second-order valence-corrected chi connectivity index (χ2v) is 8.28. The Kier molecular flexibility index (Phi) is 8.24. The summed E-state index contributed by atoms with van der Waals surface area (Å²) in [5, 5.41) is 27.7. The molecule has 1 fully saturated rings. The number of piperidine rings is 1. The number of nitrogens with one attached hydrogen (secondary N) is 3. The minimum absolute atomic E-state index is 0.107. The van der Waals surface area contributed by atoms with Gasteiger partial charge in [0.1, 0.15) is 11.6 Å². The number of carboxylic acids is 1. The number of alkyl carbamates (subject to hydrolysis) is 1. The lowest BCUT2D eigenvalue weighted by atomic mass is 9.94. The van der Waals surface area contributed by atoms with Gasteiger partial charge in [-0.05, 0) is 67.5 Å². The first kappa shape index (κ1) is 24.8. The average molecular weight is 467 g/mol. The number of methoxy groups -OCH3 is 1. The van der Waals surface area contributed by atoms with Gasteiger partial charge in [0.25, 0.3) is 0 Å². The number of nitrogens with zero attached hydrogens (tertiary/aromatic N) is 1. The van der Waals surface area contributed by atoms with Crippen molar-refractivity contribution in [3.05, 3.63) is 53.6 Å². The number of benzene rings is 2. The molecular formula is C25H30N4O5. The number of amides is 1. The van der Waals surface area contributed by atoms with Crippen LogP contribution in [0.2, 0.25) is 0 Å². The highest BCUT2D eigenvalue weighted by molar-refractivity contribution is 6.05. The first-order valence-electron chi connectivity index (χ1n) is 11.1. The largest absolute Gasteiger partial charge is 0.494 e. The van der Waals surface area contributed by atoms with Crippen molar-refractivity contribution in [1.82, 2.24) is 10.2 Å². The number of amidine groups is 2. The van der Waals surface area contributed by atoms with Crippen molar-refractivity contribution in [1.29, 1.82) is 10.8 Å². The van der Waals surface area contributed by atoms with Gasteiger partial charge in [-0.2, -0.15) is 0 Å². The summed E-state index contributed by atoms with van der Waals surface area (Å²) in [6.45, 7) is 4.05. The molecule has 2 aromatic rings. The number of ether oxygens (including phenoxy) is 2. The van der Waals surface area contributed by atoms with Crippen molar-refractivity contribution in [3.63, 3.8) is 0 Å². The highest BCUT2D eigenvalue weighted by Crippen LogP contribution is 2.28. The van der Waals surface area contributed by atoms with Gasteiger partial charge in [0.05, 0.1) is 25.1 Å². The lowest BCUT2D eigenvalue weighted by Gasteiger charge is -2.32. The molecule has 1 aliphatic rings. The third kappa shape index (κ3) is 6.57. The zero-order valence-electron chi connectivity index (χ0n) is 19.4. The van der Waals surface area contributed by atoms with Gasteiger partial charge in [0.15, 0.2) is 0 Å². The summed E-state index contributed by atoms with van der Waals surface area (Å²) in [4.78, 5) is 25.2. The number of carboxylic acid groups (broad SMARTS) is 1. The number of carbonyl (C=O) groups is 2. The maximum Gasteiger partial charge on any atom is 0.412 e. The van der Waals surface area contributed by atoms with Crippen LogP contribution in [0.3, 0.4) is 0 Å². The molecule has 1 saturated heterocycles. The Balaban J connectivity index is 1.71. The van der Waals surface area contributed by atoms with E-state index in [4.69, 9.17) is 15.6 Å². The van der Waals surface area contributed by atoms with Crippen molar-refractivity contribution in [2.45, 2.75) is 26.2 Å². The van der Waals surface area contributed by atoms with Gasteiger partial charge in [-0.15, -0.1) is 0 Å². The molecule has 180 valence electrons. The van der Waals surface area contributed by atoms with Crippen molar-refractivity contribution < 1.29 is 24.2 Å². The molecule has 9 nitrogen and oxygen atoms in total. The number of likely N-dealkylation sites (tertiary alicyclic amines) is 1. The minimum atomic E-state index is -1.06. The predicted octanol–water partition coefficient (Wildman–Crippen LogP) is 4.21. The predicted molar refractivity (Wildman–Crippen MR) is 129 cm³/mol. The van der Waals surface area contributed by atoms with Crippen LogP contribution in [0.1, 0.15) is 42.1 Å². The summed E-state index contributed by atoms with van der Waals surface area (Å²) in [5.41, 5.74) is 1.89. The number of rotatable bonds is 7. The van der Waals surface area contributed by atoms with E-state index in [1.807, 2.05) is 6.92 Å². The maximum atomic E-state index is 11.7. The van der Waals surface area contributed by atoms with E-state index in [0.29, 0.717) is 40.8 Å². The van der Waals surface area contributed by atoms with Crippen molar-refractivity contribution >= 4 is 23.7 Å². The summed E-state index contributed by atoms with van der Waals surface area (Å²) >= 11 is 0. The lowest BCUT2D eigenvalue weighted by Crippen LogP contribution is -2.36. The SMILES string of the molecule is COC(=O)NC(=N)c1cccc(-c2cc(OCCC3CCN(C(C)=N)CC3)cc(C(=O)O)c2)c1. The molecule has 1 aliphatic heterocycles. The standard InChI is InChI=1S/C25H30N4O5/c1-16(26)29-9-6-17(7-10-29)8-11-34-22-14-20(13-21(15-22)24(30)31)18-4-3-5-19(12-18)23(27)28-25(32)33-2/h3-5,12-15,17,26H,6-11H2,1-2H3,(H,30,31)(H2,27,28,32). The second-order valence-electron chi connectivity index (χ2n) is 8.28. The highest BCUT2D eigenvalue weighted by atomic mass is 16.5. The Bertz CT molecular complexity index is 1080. The van der Waals surface area contributed by atoms with E-state index < -0.39 is 12.1 Å². The average Bonchev–Trinajstić information content (AvgIpc) is 2.84. The van der Waals surface area contributed by atoms with Crippen LogP contribution in [0.5, 0.6) is 5.75 Å². The van der Waals surface area contributed by atoms with Gasteiger partial charge in [0, 0.05) is 18.7 Å². The van der Waals surface area contributed by atoms with Crippen LogP contribution in [-0.2, 0) is 4.74 Å². The van der Waals surface area contributed by atoms with Gasteiger partial charge in [-0.3, -0.25) is 16.1 Å². The molecule has 0 spiro atoms. The Hall–Kier alpha value is -3.88. The van der Waals surface area contributed by atoms with E-state index in [2.05, 4.69) is 15.0 Å². The first-order chi connectivity index (χ1) is 16.3. The zero-order chi connectivity index (χ0) is 24.7. The van der Waals surface area contributed by atoms with Crippen LogP contribution in [0.15, 0.2) is 42.5 Å². The normalized spacial score (nSPS) is 13.8. The summed E-state index contributed by atoms with van der Waals surface area (Å²) in [5.74, 6) is 0.410. The Labute approximate surface area is 198 Å². The molecule has 0 saturated carbocycles. The van der Waals surface area contributed by atoms with Crippen molar-refractivity contribution in [2.24, 2.45) is 5.92 Å². The number of hydrogen-bond acceptors (Lipinski definition) is 6. The van der Waals surface area contributed by atoms with E-state index in [0.717, 1.165) is 32.4 Å². The molecule has 0 bridgehead atoms. The summed E-state index contributed by atoms with van der Waals surface area (Å²) < 4.78 is 10.5. The number of hydrogen-bond donors (Lipinski definition) is 4. The van der Waals surface area contributed by atoms with Crippen LogP contribution in [-0.4, -0.2) is 60.5 Å². The monoisotopic (exact) mass is 466 g/mol. The van der Waals surface area contributed by atoms with Crippen LogP contribution < -0.4 is 10.1 Å². The van der Waals surface area contributed by atoms with E-state index in [1.54, 1.807) is 36.4 Å². The molecule has 0 aliphatic carbocycles. The summed E-state index contributed by atoms with van der Waals surface area (Å²) in [6, 6.07) is 11.8. The minimum Gasteiger partial charge on any atom is -0.494 e. The van der Waals surface area contributed by atoms with Gasteiger partial charge >= 0.3 is 12.1 Å². The van der Waals surface area contributed by atoms with E-state index in [1.165, 1.54) is 13.2 Å². The molecule has 1 amide bonds.